The summed E-state index contributed by atoms with van der Waals surface area (Å²) in [6.45, 7) is 12.7. The van der Waals surface area contributed by atoms with E-state index in [9.17, 15) is 0 Å². The predicted octanol–water partition coefficient (Wildman–Crippen LogP) is 2.22. The minimum absolute atomic E-state index is 0.577. The second-order valence-electron chi connectivity index (χ2n) is 6.01. The van der Waals surface area contributed by atoms with Crippen LogP contribution in [0.15, 0.2) is 0 Å². The van der Waals surface area contributed by atoms with Crippen LogP contribution in [0.5, 0.6) is 0 Å². The molecule has 1 atom stereocenters. The van der Waals surface area contributed by atoms with Gasteiger partial charge in [0.15, 0.2) is 0 Å². The lowest BCUT2D eigenvalue weighted by Crippen LogP contribution is -2.40. The predicted molar refractivity (Wildman–Crippen MR) is 75.5 cm³/mol. The Hall–Kier alpha value is -0.120. The van der Waals surface area contributed by atoms with Crippen LogP contribution in [0.25, 0.3) is 0 Å². The highest BCUT2D eigenvalue weighted by atomic mass is 16.5. The Bertz CT molecular complexity index is 160. The highest BCUT2D eigenvalue weighted by Crippen LogP contribution is 2.05. The SMILES string of the molecule is CC(C)COCCNC(CC(C)C)CN(C)C. The van der Waals surface area contributed by atoms with Gasteiger partial charge in [-0.05, 0) is 32.4 Å². The van der Waals surface area contributed by atoms with Crippen molar-refractivity contribution < 1.29 is 4.74 Å². The number of nitrogens with zero attached hydrogens (tertiary/aromatic N) is 1. The minimum Gasteiger partial charge on any atom is -0.380 e. The minimum atomic E-state index is 0.577. The van der Waals surface area contributed by atoms with Gasteiger partial charge in [0.05, 0.1) is 6.61 Å². The quantitative estimate of drug-likeness (QED) is 0.596. The van der Waals surface area contributed by atoms with Crippen LogP contribution >= 0.6 is 0 Å². The van der Waals surface area contributed by atoms with Crippen molar-refractivity contribution in [1.29, 1.82) is 0 Å². The Morgan fingerprint density at radius 3 is 2.18 bits per heavy atom. The third kappa shape index (κ3) is 12.1. The molecule has 0 aliphatic rings. The van der Waals surface area contributed by atoms with Crippen molar-refractivity contribution in [1.82, 2.24) is 10.2 Å². The van der Waals surface area contributed by atoms with Gasteiger partial charge in [0.1, 0.15) is 0 Å². The Labute approximate surface area is 108 Å². The fourth-order valence-corrected chi connectivity index (χ4v) is 1.89. The van der Waals surface area contributed by atoms with Crippen LogP contribution in [0, 0.1) is 11.8 Å². The molecule has 0 rings (SSSR count). The molecule has 0 aliphatic heterocycles. The zero-order valence-corrected chi connectivity index (χ0v) is 12.6. The summed E-state index contributed by atoms with van der Waals surface area (Å²) in [5, 5.41) is 3.59. The molecule has 0 saturated carbocycles. The molecule has 1 unspecified atom stereocenters. The summed E-state index contributed by atoms with van der Waals surface area (Å²) in [5.74, 6) is 1.37. The van der Waals surface area contributed by atoms with E-state index in [0.29, 0.717) is 12.0 Å². The monoisotopic (exact) mass is 244 g/mol. The van der Waals surface area contributed by atoms with Crippen molar-refractivity contribution in [2.75, 3.05) is 40.4 Å². The van der Waals surface area contributed by atoms with Crippen LogP contribution in [0.1, 0.15) is 34.1 Å². The van der Waals surface area contributed by atoms with Crippen molar-refractivity contribution in [2.45, 2.75) is 40.2 Å². The van der Waals surface area contributed by atoms with E-state index < -0.39 is 0 Å². The molecule has 0 aliphatic carbocycles. The third-order valence-electron chi connectivity index (χ3n) is 2.47. The Morgan fingerprint density at radius 2 is 1.71 bits per heavy atom. The van der Waals surface area contributed by atoms with Crippen molar-refractivity contribution >= 4 is 0 Å². The van der Waals surface area contributed by atoms with Crippen LogP contribution in [0.4, 0.5) is 0 Å². The molecule has 104 valence electrons. The maximum atomic E-state index is 5.58. The third-order valence-corrected chi connectivity index (χ3v) is 2.47. The van der Waals surface area contributed by atoms with Gasteiger partial charge < -0.3 is 15.0 Å². The van der Waals surface area contributed by atoms with E-state index in [1.54, 1.807) is 0 Å². The van der Waals surface area contributed by atoms with E-state index in [2.05, 4.69) is 52.0 Å². The summed E-state index contributed by atoms with van der Waals surface area (Å²) < 4.78 is 5.58. The fraction of sp³-hybridized carbons (Fsp3) is 1.00. The van der Waals surface area contributed by atoms with Gasteiger partial charge in [0.2, 0.25) is 0 Å². The molecule has 0 bridgehead atoms. The molecular weight excluding hydrogens is 212 g/mol. The molecule has 0 radical (unpaired) electrons. The number of rotatable bonds is 10. The van der Waals surface area contributed by atoms with Gasteiger partial charge in [0.25, 0.3) is 0 Å². The van der Waals surface area contributed by atoms with Crippen molar-refractivity contribution in [3.05, 3.63) is 0 Å². The molecular formula is C14H32N2O. The maximum Gasteiger partial charge on any atom is 0.0591 e. The largest absolute Gasteiger partial charge is 0.380 e. The smallest absolute Gasteiger partial charge is 0.0591 e. The normalized spacial score (nSPS) is 13.9. The zero-order chi connectivity index (χ0) is 13.3. The molecule has 1 N–H and O–H groups in total. The van der Waals surface area contributed by atoms with Crippen molar-refractivity contribution in [3.63, 3.8) is 0 Å². The molecule has 0 fully saturated rings. The van der Waals surface area contributed by atoms with Crippen LogP contribution in [0.3, 0.4) is 0 Å². The molecule has 0 spiro atoms. The lowest BCUT2D eigenvalue weighted by molar-refractivity contribution is 0.108. The number of nitrogens with one attached hydrogen (secondary N) is 1. The number of ether oxygens (including phenoxy) is 1. The standard InChI is InChI=1S/C14H32N2O/c1-12(2)9-14(10-16(5)6)15-7-8-17-11-13(3)4/h12-15H,7-11H2,1-6H3. The summed E-state index contributed by atoms with van der Waals surface area (Å²) in [6.07, 6.45) is 1.22. The lowest BCUT2D eigenvalue weighted by atomic mass is 10.0. The Balaban J connectivity index is 3.68. The molecule has 3 heteroatoms. The van der Waals surface area contributed by atoms with E-state index in [0.717, 1.165) is 32.2 Å². The average Bonchev–Trinajstić information content (AvgIpc) is 2.14. The van der Waals surface area contributed by atoms with Crippen LogP contribution in [0.2, 0.25) is 0 Å². The summed E-state index contributed by atoms with van der Waals surface area (Å²) in [7, 11) is 4.26. The molecule has 0 aromatic carbocycles. The average molecular weight is 244 g/mol. The Morgan fingerprint density at radius 1 is 1.06 bits per heavy atom. The summed E-state index contributed by atoms with van der Waals surface area (Å²) in [5.41, 5.74) is 0. The first kappa shape index (κ1) is 16.9. The van der Waals surface area contributed by atoms with Crippen LogP contribution in [-0.4, -0.2) is 51.3 Å². The van der Waals surface area contributed by atoms with Crippen LogP contribution in [-0.2, 0) is 4.74 Å². The van der Waals surface area contributed by atoms with Gasteiger partial charge in [-0.15, -0.1) is 0 Å². The van der Waals surface area contributed by atoms with E-state index in [1.807, 2.05) is 0 Å². The first-order valence-corrected chi connectivity index (χ1v) is 6.87. The van der Waals surface area contributed by atoms with Gasteiger partial charge in [-0.25, -0.2) is 0 Å². The molecule has 0 aromatic heterocycles. The fourth-order valence-electron chi connectivity index (χ4n) is 1.89. The molecule has 0 heterocycles. The lowest BCUT2D eigenvalue weighted by Gasteiger charge is -2.24. The molecule has 3 nitrogen and oxygen atoms in total. The Kier molecular flexibility index (Phi) is 9.79. The van der Waals surface area contributed by atoms with Gasteiger partial charge in [-0.3, -0.25) is 0 Å². The number of hydrogen-bond acceptors (Lipinski definition) is 3. The van der Waals surface area contributed by atoms with Crippen LogP contribution < -0.4 is 5.32 Å². The molecule has 0 amide bonds. The van der Waals surface area contributed by atoms with Crippen molar-refractivity contribution in [2.24, 2.45) is 11.8 Å². The molecule has 0 saturated heterocycles. The van der Waals surface area contributed by atoms with E-state index in [1.165, 1.54) is 6.42 Å². The van der Waals surface area contributed by atoms with Crippen molar-refractivity contribution in [3.8, 4) is 0 Å². The summed E-state index contributed by atoms with van der Waals surface area (Å²) in [4.78, 5) is 2.25. The topological polar surface area (TPSA) is 24.5 Å². The second-order valence-corrected chi connectivity index (χ2v) is 6.01. The van der Waals surface area contributed by atoms with Gasteiger partial charge in [-0.2, -0.15) is 0 Å². The highest BCUT2D eigenvalue weighted by molar-refractivity contribution is 4.71. The van der Waals surface area contributed by atoms with Gasteiger partial charge in [-0.1, -0.05) is 27.7 Å². The number of likely N-dealkylation sites (N-methyl/N-ethyl adjacent to an activating group) is 1. The first-order chi connectivity index (χ1) is 7.91. The summed E-state index contributed by atoms with van der Waals surface area (Å²) >= 11 is 0. The zero-order valence-electron chi connectivity index (χ0n) is 12.6. The molecule has 17 heavy (non-hydrogen) atoms. The summed E-state index contributed by atoms with van der Waals surface area (Å²) in [6, 6.07) is 0.577. The highest BCUT2D eigenvalue weighted by Gasteiger charge is 2.10. The van der Waals surface area contributed by atoms with E-state index >= 15 is 0 Å². The first-order valence-electron chi connectivity index (χ1n) is 6.87. The number of hydrogen-bond donors (Lipinski definition) is 1. The van der Waals surface area contributed by atoms with E-state index in [-0.39, 0.29) is 0 Å². The molecule has 0 aromatic rings. The van der Waals surface area contributed by atoms with Gasteiger partial charge >= 0.3 is 0 Å². The maximum absolute atomic E-state index is 5.58. The van der Waals surface area contributed by atoms with E-state index in [4.69, 9.17) is 4.74 Å². The van der Waals surface area contributed by atoms with Gasteiger partial charge in [0, 0.05) is 25.7 Å². The second kappa shape index (κ2) is 9.86.